The van der Waals surface area contributed by atoms with E-state index in [1.54, 1.807) is 18.2 Å². The number of primary amides is 1. The van der Waals surface area contributed by atoms with E-state index in [2.05, 4.69) is 5.32 Å². The summed E-state index contributed by atoms with van der Waals surface area (Å²) in [5.41, 5.74) is 7.02. The van der Waals surface area contributed by atoms with Crippen LogP contribution in [-0.4, -0.2) is 49.2 Å². The molecule has 2 bridgehead atoms. The maximum atomic E-state index is 12.8. The van der Waals surface area contributed by atoms with Crippen molar-refractivity contribution in [2.75, 3.05) is 36.5 Å². The number of nitrogens with zero attached hydrogens (tertiary/aromatic N) is 1. The first-order valence-electron chi connectivity index (χ1n) is 9.44. The van der Waals surface area contributed by atoms with Crippen molar-refractivity contribution in [1.29, 1.82) is 0 Å². The molecule has 2 amide bonds. The standard InChI is InChI=1S/C20H23N3O5/c21-18(24)14-10-13(3-4-15(14)23-5-7-28-8-6-23)22-19(25)16-11-1-2-12(9-11)17(16)20(26)27/h1-4,10-12,16-17H,5-9H2,(H2,21,24)(H,22,25)(H,26,27)/t11-,12+,16+,17+/m1/s1. The highest BCUT2D eigenvalue weighted by atomic mass is 16.5. The van der Waals surface area contributed by atoms with Gasteiger partial charge in [-0.05, 0) is 36.5 Å². The highest BCUT2D eigenvalue weighted by molar-refractivity contribution is 6.02. The van der Waals surface area contributed by atoms with Crippen molar-refractivity contribution in [2.24, 2.45) is 29.4 Å². The number of carboxylic acids is 1. The van der Waals surface area contributed by atoms with Crippen molar-refractivity contribution in [3.05, 3.63) is 35.9 Å². The van der Waals surface area contributed by atoms with Crippen molar-refractivity contribution in [3.8, 4) is 0 Å². The second-order valence-corrected chi connectivity index (χ2v) is 7.52. The molecule has 3 aliphatic rings. The number of carbonyl (C=O) groups is 3. The predicted octanol–water partition coefficient (Wildman–Crippen LogP) is 1.08. The summed E-state index contributed by atoms with van der Waals surface area (Å²) in [5.74, 6) is -3.33. The fourth-order valence-corrected chi connectivity index (χ4v) is 4.63. The van der Waals surface area contributed by atoms with Crippen LogP contribution < -0.4 is 16.0 Å². The number of nitrogens with one attached hydrogen (secondary N) is 1. The summed E-state index contributed by atoms with van der Waals surface area (Å²) >= 11 is 0. The maximum absolute atomic E-state index is 12.8. The third-order valence-corrected chi connectivity index (χ3v) is 5.93. The van der Waals surface area contributed by atoms with E-state index in [1.165, 1.54) is 0 Å². The number of allylic oxidation sites excluding steroid dienone is 2. The molecule has 1 heterocycles. The number of fused-ring (bicyclic) bond motifs is 2. The van der Waals surface area contributed by atoms with Crippen LogP contribution in [0.5, 0.6) is 0 Å². The number of ether oxygens (including phenoxy) is 1. The minimum Gasteiger partial charge on any atom is -0.481 e. The van der Waals surface area contributed by atoms with Crippen LogP contribution in [0.25, 0.3) is 0 Å². The Morgan fingerprint density at radius 3 is 2.43 bits per heavy atom. The number of aliphatic carboxylic acids is 1. The molecule has 8 nitrogen and oxygen atoms in total. The third-order valence-electron chi connectivity index (χ3n) is 5.93. The van der Waals surface area contributed by atoms with Crippen LogP contribution in [0.4, 0.5) is 11.4 Å². The lowest BCUT2D eigenvalue weighted by atomic mass is 9.82. The van der Waals surface area contributed by atoms with Gasteiger partial charge in [0.2, 0.25) is 5.91 Å². The fraction of sp³-hybridized carbons (Fsp3) is 0.450. The quantitative estimate of drug-likeness (QED) is 0.652. The van der Waals surface area contributed by atoms with Gasteiger partial charge in [-0.25, -0.2) is 0 Å². The van der Waals surface area contributed by atoms with Gasteiger partial charge in [-0.2, -0.15) is 0 Å². The van der Waals surface area contributed by atoms with Crippen molar-refractivity contribution in [1.82, 2.24) is 0 Å². The molecule has 0 aromatic heterocycles. The molecule has 8 heteroatoms. The zero-order valence-electron chi connectivity index (χ0n) is 15.3. The first-order chi connectivity index (χ1) is 13.5. The Bertz CT molecular complexity index is 846. The van der Waals surface area contributed by atoms with Crippen LogP contribution in [0.15, 0.2) is 30.4 Å². The van der Waals surface area contributed by atoms with E-state index in [-0.39, 0.29) is 17.7 Å². The highest BCUT2D eigenvalue weighted by Crippen LogP contribution is 2.48. The lowest BCUT2D eigenvalue weighted by Gasteiger charge is -2.30. The molecule has 2 aliphatic carbocycles. The number of morpholine rings is 1. The largest absolute Gasteiger partial charge is 0.481 e. The lowest BCUT2D eigenvalue weighted by molar-refractivity contribution is -0.146. The molecule has 4 N–H and O–H groups in total. The summed E-state index contributed by atoms with van der Waals surface area (Å²) in [6.45, 7) is 2.46. The average molecular weight is 385 g/mol. The Balaban J connectivity index is 1.55. The molecule has 1 saturated carbocycles. The summed E-state index contributed by atoms with van der Waals surface area (Å²) < 4.78 is 5.34. The summed E-state index contributed by atoms with van der Waals surface area (Å²) in [6, 6.07) is 5.04. The number of carboxylic acid groups (broad SMARTS) is 1. The van der Waals surface area contributed by atoms with Gasteiger partial charge in [0.05, 0.1) is 30.6 Å². The van der Waals surface area contributed by atoms with Gasteiger partial charge in [-0.1, -0.05) is 12.2 Å². The number of hydrogen-bond acceptors (Lipinski definition) is 5. The number of benzene rings is 1. The molecular weight excluding hydrogens is 362 g/mol. The Kier molecular flexibility index (Phi) is 4.80. The van der Waals surface area contributed by atoms with Crippen LogP contribution in [-0.2, 0) is 14.3 Å². The topological polar surface area (TPSA) is 122 Å². The average Bonchev–Trinajstić information content (AvgIpc) is 3.30. The first kappa shape index (κ1) is 18.5. The normalized spacial score (nSPS) is 28.4. The SMILES string of the molecule is NC(=O)c1cc(NC(=O)[C@@H]2[C@@H](C(=O)O)[C@H]3C=C[C@@H]2C3)ccc1N1CCOCC1. The summed E-state index contributed by atoms with van der Waals surface area (Å²) in [6.07, 6.45) is 4.53. The van der Waals surface area contributed by atoms with Crippen molar-refractivity contribution in [3.63, 3.8) is 0 Å². The van der Waals surface area contributed by atoms with E-state index >= 15 is 0 Å². The molecule has 1 aliphatic heterocycles. The summed E-state index contributed by atoms with van der Waals surface area (Å²) in [7, 11) is 0. The van der Waals surface area contributed by atoms with Crippen LogP contribution in [0.2, 0.25) is 0 Å². The van der Waals surface area contributed by atoms with E-state index in [0.717, 1.165) is 0 Å². The number of carbonyl (C=O) groups excluding carboxylic acids is 2. The number of amides is 2. The van der Waals surface area contributed by atoms with Gasteiger partial charge < -0.3 is 25.8 Å². The van der Waals surface area contributed by atoms with Crippen molar-refractivity contribution in [2.45, 2.75) is 6.42 Å². The molecule has 0 unspecified atom stereocenters. The van der Waals surface area contributed by atoms with E-state index in [9.17, 15) is 19.5 Å². The Morgan fingerprint density at radius 1 is 1.11 bits per heavy atom. The predicted molar refractivity (Wildman–Crippen MR) is 102 cm³/mol. The van der Waals surface area contributed by atoms with E-state index in [1.807, 2.05) is 17.1 Å². The summed E-state index contributed by atoms with van der Waals surface area (Å²) in [4.78, 5) is 38.5. The molecule has 148 valence electrons. The Morgan fingerprint density at radius 2 is 1.79 bits per heavy atom. The molecule has 1 aromatic carbocycles. The molecule has 1 aromatic rings. The van der Waals surface area contributed by atoms with Crippen molar-refractivity contribution < 1.29 is 24.2 Å². The van der Waals surface area contributed by atoms with Gasteiger partial charge in [0.25, 0.3) is 5.91 Å². The van der Waals surface area contributed by atoms with Crippen LogP contribution in [0, 0.1) is 23.7 Å². The number of hydrogen-bond donors (Lipinski definition) is 3. The number of nitrogens with two attached hydrogens (primary N) is 1. The van der Waals surface area contributed by atoms with Crippen LogP contribution >= 0.6 is 0 Å². The van der Waals surface area contributed by atoms with Gasteiger partial charge in [-0.3, -0.25) is 14.4 Å². The first-order valence-corrected chi connectivity index (χ1v) is 9.44. The molecule has 1 saturated heterocycles. The zero-order valence-corrected chi connectivity index (χ0v) is 15.3. The van der Waals surface area contributed by atoms with E-state index < -0.39 is 23.7 Å². The minimum atomic E-state index is -0.947. The zero-order chi connectivity index (χ0) is 19.8. The smallest absolute Gasteiger partial charge is 0.307 e. The summed E-state index contributed by atoms with van der Waals surface area (Å²) in [5, 5.41) is 12.3. The Hall–Kier alpha value is -2.87. The molecule has 4 atom stereocenters. The minimum absolute atomic E-state index is 0.0608. The molecule has 0 radical (unpaired) electrons. The number of anilines is 2. The number of rotatable bonds is 5. The van der Waals surface area contributed by atoms with Gasteiger partial charge in [-0.15, -0.1) is 0 Å². The maximum Gasteiger partial charge on any atom is 0.307 e. The van der Waals surface area contributed by atoms with Gasteiger partial charge >= 0.3 is 5.97 Å². The van der Waals surface area contributed by atoms with Crippen molar-refractivity contribution >= 4 is 29.2 Å². The van der Waals surface area contributed by atoms with E-state index in [0.29, 0.717) is 49.7 Å². The monoisotopic (exact) mass is 385 g/mol. The molecule has 0 spiro atoms. The lowest BCUT2D eigenvalue weighted by Crippen LogP contribution is -2.38. The third kappa shape index (κ3) is 3.24. The Labute approximate surface area is 162 Å². The molecule has 28 heavy (non-hydrogen) atoms. The van der Waals surface area contributed by atoms with Crippen LogP contribution in [0.1, 0.15) is 16.8 Å². The molecule has 4 rings (SSSR count). The fourth-order valence-electron chi connectivity index (χ4n) is 4.63. The molecule has 2 fully saturated rings. The second-order valence-electron chi connectivity index (χ2n) is 7.52. The molecular formula is C20H23N3O5. The van der Waals surface area contributed by atoms with Gasteiger partial charge in [0.1, 0.15) is 0 Å². The van der Waals surface area contributed by atoms with Gasteiger partial charge in [0, 0.05) is 24.5 Å². The highest BCUT2D eigenvalue weighted by Gasteiger charge is 2.51. The van der Waals surface area contributed by atoms with Crippen LogP contribution in [0.3, 0.4) is 0 Å². The van der Waals surface area contributed by atoms with E-state index in [4.69, 9.17) is 10.5 Å². The van der Waals surface area contributed by atoms with Gasteiger partial charge in [0.15, 0.2) is 0 Å². The second kappa shape index (κ2) is 7.27.